The summed E-state index contributed by atoms with van der Waals surface area (Å²) in [6.07, 6.45) is 1.89. The molecule has 4 nitrogen and oxygen atoms in total. The van der Waals surface area contributed by atoms with E-state index in [4.69, 9.17) is 43.4 Å². The van der Waals surface area contributed by atoms with E-state index in [1.54, 1.807) is 0 Å². The molecule has 0 radical (unpaired) electrons. The Bertz CT molecular complexity index is 285. The van der Waals surface area contributed by atoms with E-state index in [9.17, 15) is 0 Å². The van der Waals surface area contributed by atoms with Gasteiger partial charge < -0.3 is 18.9 Å². The third-order valence-electron chi connectivity index (χ3n) is 2.29. The van der Waals surface area contributed by atoms with Gasteiger partial charge in [-0.25, -0.2) is 0 Å². The zero-order valence-electron chi connectivity index (χ0n) is 13.7. The molecule has 0 spiro atoms. The van der Waals surface area contributed by atoms with E-state index in [1.165, 1.54) is 23.5 Å². The molecule has 0 aromatic rings. The summed E-state index contributed by atoms with van der Waals surface area (Å²) in [5.74, 6) is 0. The predicted octanol–water partition coefficient (Wildman–Crippen LogP) is 4.60. The zero-order chi connectivity index (χ0) is 16.8. The van der Waals surface area contributed by atoms with E-state index in [1.807, 2.05) is 27.7 Å². The minimum absolute atomic E-state index is 0.0120. The van der Waals surface area contributed by atoms with Gasteiger partial charge in [-0.15, -0.1) is 0 Å². The van der Waals surface area contributed by atoms with Crippen LogP contribution in [0.3, 0.4) is 0 Å². The van der Waals surface area contributed by atoms with Crippen LogP contribution in [0.1, 0.15) is 40.5 Å². The smallest absolute Gasteiger partial charge is 0.222 e. The van der Waals surface area contributed by atoms with Crippen molar-refractivity contribution in [3.05, 3.63) is 0 Å². The first-order valence-electron chi connectivity index (χ1n) is 7.39. The van der Waals surface area contributed by atoms with Gasteiger partial charge in [-0.1, -0.05) is 0 Å². The average Bonchev–Trinajstić information content (AvgIpc) is 2.42. The molecule has 0 bridgehead atoms. The lowest BCUT2D eigenvalue weighted by Gasteiger charge is -2.14. The van der Waals surface area contributed by atoms with Gasteiger partial charge in [-0.2, -0.15) is 0 Å². The van der Waals surface area contributed by atoms with Crippen LogP contribution in [0, 0.1) is 0 Å². The third kappa shape index (κ3) is 14.0. The highest BCUT2D eigenvalue weighted by Gasteiger charge is 2.09. The van der Waals surface area contributed by atoms with Crippen LogP contribution in [0.5, 0.6) is 0 Å². The molecule has 0 saturated carbocycles. The van der Waals surface area contributed by atoms with E-state index in [0.717, 1.165) is 12.8 Å². The fourth-order valence-corrected chi connectivity index (χ4v) is 3.64. The number of rotatable bonds is 11. The molecular weight excluding hydrogens is 360 g/mol. The molecule has 0 aliphatic carbocycles. The molecule has 0 aliphatic heterocycles. The van der Waals surface area contributed by atoms with Crippen LogP contribution >= 0.6 is 48.0 Å². The standard InChI is InChI=1S/C14H26O4S4/c1-5-15-13(19)21-11(3)17-9-7-8-10-18-12(4)22-14(20)16-6-2/h11-12H,5-10H2,1-4H3. The lowest BCUT2D eigenvalue weighted by molar-refractivity contribution is 0.0933. The SMILES string of the molecule is CCOC(=S)SC(C)OCCCCOC(C)SC(=S)OCC. The summed E-state index contributed by atoms with van der Waals surface area (Å²) in [4.78, 5) is 0. The first-order chi connectivity index (χ1) is 10.5. The van der Waals surface area contributed by atoms with Crippen molar-refractivity contribution in [2.75, 3.05) is 26.4 Å². The monoisotopic (exact) mass is 386 g/mol. The van der Waals surface area contributed by atoms with Crippen LogP contribution in [0.25, 0.3) is 0 Å². The van der Waals surface area contributed by atoms with Gasteiger partial charge >= 0.3 is 0 Å². The van der Waals surface area contributed by atoms with Crippen molar-refractivity contribution in [2.45, 2.75) is 51.4 Å². The minimum atomic E-state index is 0.0120. The van der Waals surface area contributed by atoms with Crippen LogP contribution in [-0.2, 0) is 18.9 Å². The summed E-state index contributed by atoms with van der Waals surface area (Å²) in [6.45, 7) is 10.3. The van der Waals surface area contributed by atoms with Gasteiger partial charge in [0, 0.05) is 13.2 Å². The normalized spacial score (nSPS) is 13.5. The van der Waals surface area contributed by atoms with Crippen LogP contribution in [0.4, 0.5) is 0 Å². The van der Waals surface area contributed by atoms with E-state index in [2.05, 4.69) is 0 Å². The third-order valence-corrected chi connectivity index (χ3v) is 4.66. The van der Waals surface area contributed by atoms with Crippen molar-refractivity contribution in [1.29, 1.82) is 0 Å². The Hall–Kier alpha value is 0.400. The molecular formula is C14H26O4S4. The van der Waals surface area contributed by atoms with E-state index in [-0.39, 0.29) is 10.9 Å². The molecule has 8 heteroatoms. The quantitative estimate of drug-likeness (QED) is 0.290. The first-order valence-corrected chi connectivity index (χ1v) is 9.97. The molecule has 0 saturated heterocycles. The molecule has 0 aliphatic rings. The Morgan fingerprint density at radius 3 is 1.50 bits per heavy atom. The molecule has 0 amide bonds. The summed E-state index contributed by atoms with van der Waals surface area (Å²) in [5.41, 5.74) is 0.0241. The molecule has 2 atom stereocenters. The first kappa shape index (κ1) is 22.4. The second-order valence-corrected chi connectivity index (χ2v) is 7.98. The highest BCUT2D eigenvalue weighted by molar-refractivity contribution is 8.23. The number of hydrogen-bond donors (Lipinski definition) is 0. The Balaban J connectivity index is 3.49. The molecule has 22 heavy (non-hydrogen) atoms. The van der Waals surface area contributed by atoms with Crippen molar-refractivity contribution in [1.82, 2.24) is 0 Å². The van der Waals surface area contributed by atoms with Gasteiger partial charge in [0.15, 0.2) is 0 Å². The molecule has 0 aromatic heterocycles. The van der Waals surface area contributed by atoms with Gasteiger partial charge in [-0.3, -0.25) is 0 Å². The maximum absolute atomic E-state index is 5.66. The van der Waals surface area contributed by atoms with Crippen molar-refractivity contribution >= 4 is 56.7 Å². The lowest BCUT2D eigenvalue weighted by Crippen LogP contribution is -2.11. The highest BCUT2D eigenvalue weighted by Crippen LogP contribution is 2.17. The Kier molecular flexibility index (Phi) is 15.2. The highest BCUT2D eigenvalue weighted by atomic mass is 32.2. The molecule has 130 valence electrons. The number of ether oxygens (including phenoxy) is 4. The summed E-state index contributed by atoms with van der Waals surface area (Å²) in [5, 5.41) is 0. The maximum atomic E-state index is 5.66. The van der Waals surface area contributed by atoms with Crippen molar-refractivity contribution in [3.8, 4) is 0 Å². The molecule has 0 rings (SSSR count). The lowest BCUT2D eigenvalue weighted by atomic mass is 10.3. The number of hydrogen-bond acceptors (Lipinski definition) is 8. The zero-order valence-corrected chi connectivity index (χ0v) is 16.9. The van der Waals surface area contributed by atoms with Crippen LogP contribution in [0.15, 0.2) is 0 Å². The Labute approximate surface area is 153 Å². The van der Waals surface area contributed by atoms with Gasteiger partial charge in [-0.05, 0) is 88.5 Å². The Morgan fingerprint density at radius 2 is 1.18 bits per heavy atom. The van der Waals surface area contributed by atoms with Crippen LogP contribution < -0.4 is 0 Å². The second-order valence-electron chi connectivity index (χ2n) is 4.19. The van der Waals surface area contributed by atoms with Crippen LogP contribution in [-0.4, -0.2) is 46.1 Å². The predicted molar refractivity (Wildman–Crippen MR) is 104 cm³/mol. The summed E-state index contributed by atoms with van der Waals surface area (Å²) in [6, 6.07) is 0. The fraction of sp³-hybridized carbons (Fsp3) is 0.857. The van der Waals surface area contributed by atoms with E-state index < -0.39 is 0 Å². The molecule has 0 N–H and O–H groups in total. The van der Waals surface area contributed by atoms with Crippen molar-refractivity contribution in [3.63, 3.8) is 0 Å². The van der Waals surface area contributed by atoms with Gasteiger partial charge in [0.2, 0.25) is 8.77 Å². The second kappa shape index (κ2) is 15.0. The average molecular weight is 387 g/mol. The van der Waals surface area contributed by atoms with Crippen LogP contribution in [0.2, 0.25) is 0 Å². The van der Waals surface area contributed by atoms with E-state index >= 15 is 0 Å². The van der Waals surface area contributed by atoms with Gasteiger partial charge in [0.1, 0.15) is 10.9 Å². The fourth-order valence-electron chi connectivity index (χ4n) is 1.35. The summed E-state index contributed by atoms with van der Waals surface area (Å²) < 4.78 is 22.8. The summed E-state index contributed by atoms with van der Waals surface area (Å²) in [7, 11) is 0. The maximum Gasteiger partial charge on any atom is 0.222 e. The van der Waals surface area contributed by atoms with Crippen molar-refractivity contribution < 1.29 is 18.9 Å². The topological polar surface area (TPSA) is 36.9 Å². The van der Waals surface area contributed by atoms with E-state index in [0.29, 0.717) is 35.2 Å². The van der Waals surface area contributed by atoms with Crippen molar-refractivity contribution in [2.24, 2.45) is 0 Å². The minimum Gasteiger partial charge on any atom is -0.479 e. The number of unbranched alkanes of at least 4 members (excludes halogenated alkanes) is 1. The largest absolute Gasteiger partial charge is 0.479 e. The van der Waals surface area contributed by atoms with Gasteiger partial charge in [0.05, 0.1) is 13.2 Å². The molecule has 0 aromatic carbocycles. The molecule has 2 unspecified atom stereocenters. The van der Waals surface area contributed by atoms with Gasteiger partial charge in [0.25, 0.3) is 0 Å². The number of thioether (sulfide) groups is 2. The molecule has 0 heterocycles. The molecule has 0 fully saturated rings. The Morgan fingerprint density at radius 1 is 0.818 bits per heavy atom. The summed E-state index contributed by atoms with van der Waals surface area (Å²) >= 11 is 13.0. The number of thiocarbonyl (C=S) groups is 2.